The highest BCUT2D eigenvalue weighted by atomic mass is 16.2. The third-order valence-corrected chi connectivity index (χ3v) is 5.49. The Balaban J connectivity index is 1.48. The number of hydrogen-bond donors (Lipinski definition) is 1. The van der Waals surface area contributed by atoms with Gasteiger partial charge in [0.15, 0.2) is 0 Å². The lowest BCUT2D eigenvalue weighted by atomic mass is 9.94. The Morgan fingerprint density at radius 1 is 1.12 bits per heavy atom. The molecule has 1 saturated heterocycles. The first-order valence-electron chi connectivity index (χ1n) is 10.8. The summed E-state index contributed by atoms with van der Waals surface area (Å²) in [6.45, 7) is 7.13. The van der Waals surface area contributed by atoms with E-state index in [1.807, 2.05) is 50.9 Å². The Kier molecular flexibility index (Phi) is 6.25. The van der Waals surface area contributed by atoms with Gasteiger partial charge < -0.3 is 10.2 Å². The van der Waals surface area contributed by atoms with E-state index in [1.54, 1.807) is 23.0 Å². The number of nitrogens with one attached hydrogen (secondary N) is 1. The van der Waals surface area contributed by atoms with Crippen LogP contribution in [0, 0.1) is 20.8 Å². The molecule has 1 atom stereocenters. The highest BCUT2D eigenvalue weighted by molar-refractivity contribution is 5.91. The zero-order valence-electron chi connectivity index (χ0n) is 18.9. The van der Waals surface area contributed by atoms with Crippen LogP contribution in [-0.2, 0) is 11.8 Å². The molecule has 1 unspecified atom stereocenters. The van der Waals surface area contributed by atoms with Gasteiger partial charge in [0, 0.05) is 55.8 Å². The Morgan fingerprint density at radius 3 is 2.62 bits per heavy atom. The second kappa shape index (κ2) is 9.25. The Labute approximate surface area is 187 Å². The minimum absolute atomic E-state index is 0.00339. The molecule has 0 radical (unpaired) electrons. The van der Waals surface area contributed by atoms with E-state index >= 15 is 0 Å². The van der Waals surface area contributed by atoms with Gasteiger partial charge in [-0.15, -0.1) is 0 Å². The molecule has 0 bridgehead atoms. The zero-order chi connectivity index (χ0) is 22.7. The van der Waals surface area contributed by atoms with Crippen molar-refractivity contribution >= 4 is 23.7 Å². The molecule has 0 saturated carbocycles. The van der Waals surface area contributed by atoms with E-state index in [0.29, 0.717) is 24.1 Å². The predicted octanol–water partition coefficient (Wildman–Crippen LogP) is 3.09. The molecule has 4 heterocycles. The first-order chi connectivity index (χ1) is 15.4. The summed E-state index contributed by atoms with van der Waals surface area (Å²) in [5.41, 5.74) is 3.61. The molecule has 0 spiro atoms. The minimum Gasteiger partial charge on any atom is -0.338 e. The Bertz CT molecular complexity index is 1130. The van der Waals surface area contributed by atoms with Gasteiger partial charge in [-0.25, -0.2) is 19.9 Å². The van der Waals surface area contributed by atoms with Gasteiger partial charge in [-0.2, -0.15) is 5.10 Å². The van der Waals surface area contributed by atoms with Crippen molar-refractivity contribution in [3.63, 3.8) is 0 Å². The van der Waals surface area contributed by atoms with E-state index in [-0.39, 0.29) is 11.8 Å². The minimum atomic E-state index is 0.00339. The largest absolute Gasteiger partial charge is 0.338 e. The average molecular weight is 433 g/mol. The fraction of sp³-hybridized carbons (Fsp3) is 0.391. The Morgan fingerprint density at radius 2 is 1.91 bits per heavy atom. The number of aromatic nitrogens is 6. The summed E-state index contributed by atoms with van der Waals surface area (Å²) in [4.78, 5) is 32.7. The van der Waals surface area contributed by atoms with Crippen molar-refractivity contribution in [1.82, 2.24) is 34.6 Å². The van der Waals surface area contributed by atoms with E-state index in [2.05, 4.69) is 30.4 Å². The first-order valence-corrected chi connectivity index (χ1v) is 10.8. The van der Waals surface area contributed by atoms with Gasteiger partial charge in [0.1, 0.15) is 11.6 Å². The lowest BCUT2D eigenvalue weighted by molar-refractivity contribution is -0.127. The van der Waals surface area contributed by atoms with Crippen LogP contribution in [0.5, 0.6) is 0 Å². The molecule has 3 aromatic heterocycles. The summed E-state index contributed by atoms with van der Waals surface area (Å²) in [5, 5.41) is 7.33. The molecule has 1 aliphatic rings. The lowest BCUT2D eigenvalue weighted by Crippen LogP contribution is -2.38. The number of amides is 1. The molecule has 1 aliphatic heterocycles. The first kappa shape index (κ1) is 21.6. The van der Waals surface area contributed by atoms with Crippen LogP contribution in [0.3, 0.4) is 0 Å². The number of aryl methyl sites for hydroxylation is 4. The lowest BCUT2D eigenvalue weighted by Gasteiger charge is -2.32. The molecule has 9 nitrogen and oxygen atoms in total. The molecule has 9 heteroatoms. The SMILES string of the molecule is Cc1cc(C)nc(Nc2cc(C3CCCN(C(=O)/C=C/c4ccnn4C)C3)nc(C)n2)n1. The van der Waals surface area contributed by atoms with Crippen molar-refractivity contribution in [3.05, 3.63) is 59.1 Å². The number of carbonyl (C=O) groups is 1. The third kappa shape index (κ3) is 5.16. The highest BCUT2D eigenvalue weighted by Crippen LogP contribution is 2.27. The molecule has 1 N–H and O–H groups in total. The van der Waals surface area contributed by atoms with Gasteiger partial charge in [0.2, 0.25) is 11.9 Å². The summed E-state index contributed by atoms with van der Waals surface area (Å²) in [5.74, 6) is 2.02. The van der Waals surface area contributed by atoms with Gasteiger partial charge in [0.05, 0.1) is 11.4 Å². The summed E-state index contributed by atoms with van der Waals surface area (Å²) in [6, 6.07) is 5.75. The van der Waals surface area contributed by atoms with Crippen LogP contribution in [0.2, 0.25) is 0 Å². The molecule has 166 valence electrons. The maximum Gasteiger partial charge on any atom is 0.246 e. The number of nitrogens with zero attached hydrogens (tertiary/aromatic N) is 7. The molecule has 1 amide bonds. The van der Waals surface area contributed by atoms with Gasteiger partial charge in [0.25, 0.3) is 0 Å². The van der Waals surface area contributed by atoms with E-state index < -0.39 is 0 Å². The third-order valence-electron chi connectivity index (χ3n) is 5.49. The standard InChI is InChI=1S/C23H28N8O/c1-15-12-16(2)26-23(25-15)29-21-13-20(27-17(3)28-21)18-6-5-11-31(14-18)22(32)8-7-19-9-10-24-30(19)4/h7-10,12-13,18H,5-6,11,14H2,1-4H3,(H,25,26,27,28,29)/b8-7+. The van der Waals surface area contributed by atoms with Crippen LogP contribution in [0.15, 0.2) is 30.5 Å². The van der Waals surface area contributed by atoms with Crippen molar-refractivity contribution in [2.45, 2.75) is 39.5 Å². The molecule has 1 fully saturated rings. The van der Waals surface area contributed by atoms with Crippen LogP contribution in [0.1, 0.15) is 47.4 Å². The maximum absolute atomic E-state index is 12.8. The van der Waals surface area contributed by atoms with Crippen LogP contribution < -0.4 is 5.32 Å². The number of carbonyl (C=O) groups excluding carboxylic acids is 1. The fourth-order valence-corrected chi connectivity index (χ4v) is 3.99. The van der Waals surface area contributed by atoms with Crippen molar-refractivity contribution < 1.29 is 4.79 Å². The van der Waals surface area contributed by atoms with Crippen molar-refractivity contribution in [3.8, 4) is 0 Å². The number of hydrogen-bond acceptors (Lipinski definition) is 7. The van der Waals surface area contributed by atoms with E-state index in [9.17, 15) is 4.79 Å². The fourth-order valence-electron chi connectivity index (χ4n) is 3.99. The molecular formula is C23H28N8O. The van der Waals surface area contributed by atoms with Crippen molar-refractivity contribution in [2.24, 2.45) is 7.05 Å². The predicted molar refractivity (Wildman–Crippen MR) is 122 cm³/mol. The number of piperidine rings is 1. The number of rotatable bonds is 5. The maximum atomic E-state index is 12.8. The van der Waals surface area contributed by atoms with Crippen LogP contribution in [-0.4, -0.2) is 53.6 Å². The van der Waals surface area contributed by atoms with Crippen LogP contribution >= 0.6 is 0 Å². The number of anilines is 2. The second-order valence-electron chi connectivity index (χ2n) is 8.16. The summed E-state index contributed by atoms with van der Waals surface area (Å²) >= 11 is 0. The highest BCUT2D eigenvalue weighted by Gasteiger charge is 2.25. The second-order valence-corrected chi connectivity index (χ2v) is 8.16. The van der Waals surface area contributed by atoms with Gasteiger partial charge >= 0.3 is 0 Å². The van der Waals surface area contributed by atoms with Crippen molar-refractivity contribution in [2.75, 3.05) is 18.4 Å². The van der Waals surface area contributed by atoms with Crippen LogP contribution in [0.4, 0.5) is 11.8 Å². The topological polar surface area (TPSA) is 102 Å². The quantitative estimate of drug-likeness (QED) is 0.618. The summed E-state index contributed by atoms with van der Waals surface area (Å²) in [6.07, 6.45) is 7.05. The average Bonchev–Trinajstić information content (AvgIpc) is 3.15. The van der Waals surface area contributed by atoms with Crippen molar-refractivity contribution in [1.29, 1.82) is 0 Å². The summed E-state index contributed by atoms with van der Waals surface area (Å²) in [7, 11) is 1.85. The molecule has 32 heavy (non-hydrogen) atoms. The number of likely N-dealkylation sites (tertiary alicyclic amines) is 1. The smallest absolute Gasteiger partial charge is 0.246 e. The molecule has 3 aromatic rings. The van der Waals surface area contributed by atoms with E-state index in [1.165, 1.54) is 0 Å². The molecular weight excluding hydrogens is 404 g/mol. The van der Waals surface area contributed by atoms with Crippen LogP contribution in [0.25, 0.3) is 6.08 Å². The Hall–Kier alpha value is -3.62. The monoisotopic (exact) mass is 432 g/mol. The zero-order valence-corrected chi connectivity index (χ0v) is 18.9. The van der Waals surface area contributed by atoms with E-state index in [0.717, 1.165) is 42.2 Å². The van der Waals surface area contributed by atoms with Gasteiger partial charge in [-0.05, 0) is 51.8 Å². The van der Waals surface area contributed by atoms with Gasteiger partial charge in [-0.1, -0.05) is 0 Å². The summed E-state index contributed by atoms with van der Waals surface area (Å²) < 4.78 is 1.74. The van der Waals surface area contributed by atoms with Gasteiger partial charge in [-0.3, -0.25) is 9.48 Å². The van der Waals surface area contributed by atoms with E-state index in [4.69, 9.17) is 0 Å². The molecule has 0 aromatic carbocycles. The molecule has 4 rings (SSSR count). The molecule has 0 aliphatic carbocycles. The normalized spacial score (nSPS) is 16.5.